The molecule has 19 heavy (non-hydrogen) atoms. The maximum atomic E-state index is 12.2. The van der Waals surface area contributed by atoms with Gasteiger partial charge in [0.2, 0.25) is 0 Å². The molecule has 96 valence electrons. The van der Waals surface area contributed by atoms with Crippen molar-refractivity contribution in [2.45, 2.75) is 11.8 Å². The average molecular weight is 274 g/mol. The van der Waals surface area contributed by atoms with E-state index in [0.717, 1.165) is 5.56 Å². The molecular formula is C12H10N4O2S. The molecule has 0 radical (unpaired) electrons. The molecule has 6 nitrogen and oxygen atoms in total. The van der Waals surface area contributed by atoms with Crippen LogP contribution < -0.4 is 4.72 Å². The zero-order valence-corrected chi connectivity index (χ0v) is 10.8. The number of hydrogen-bond acceptors (Lipinski definition) is 5. The summed E-state index contributed by atoms with van der Waals surface area (Å²) in [5.74, 6) is 0. The fraction of sp³-hybridized carbons (Fsp3) is 0.0833. The maximum Gasteiger partial charge on any atom is 0.264 e. The van der Waals surface area contributed by atoms with Gasteiger partial charge in [0.15, 0.2) is 5.69 Å². The number of sulfonamides is 1. The van der Waals surface area contributed by atoms with Gasteiger partial charge in [-0.25, -0.2) is 13.4 Å². The molecule has 0 saturated heterocycles. The van der Waals surface area contributed by atoms with Gasteiger partial charge < -0.3 is 0 Å². The first-order valence-electron chi connectivity index (χ1n) is 5.32. The number of aromatic nitrogens is 2. The summed E-state index contributed by atoms with van der Waals surface area (Å²) in [6, 6.07) is 6.19. The van der Waals surface area contributed by atoms with Crippen molar-refractivity contribution in [3.8, 4) is 6.07 Å². The van der Waals surface area contributed by atoms with E-state index in [1.807, 2.05) is 0 Å². The minimum Gasteiger partial charge on any atom is -0.278 e. The molecule has 2 aromatic rings. The van der Waals surface area contributed by atoms with Gasteiger partial charge in [0.1, 0.15) is 11.0 Å². The van der Waals surface area contributed by atoms with Gasteiger partial charge in [-0.05, 0) is 30.7 Å². The van der Waals surface area contributed by atoms with Gasteiger partial charge >= 0.3 is 0 Å². The number of pyridine rings is 2. The topological polar surface area (TPSA) is 95.7 Å². The third kappa shape index (κ3) is 2.86. The fourth-order valence-corrected chi connectivity index (χ4v) is 2.65. The van der Waals surface area contributed by atoms with Crippen molar-refractivity contribution >= 4 is 15.7 Å². The van der Waals surface area contributed by atoms with Crippen molar-refractivity contribution in [1.29, 1.82) is 5.26 Å². The smallest absolute Gasteiger partial charge is 0.264 e. The number of nitrogens with zero attached hydrogens (tertiary/aromatic N) is 3. The predicted octanol–water partition coefficient (Wildman–Crippen LogP) is 1.46. The lowest BCUT2D eigenvalue weighted by atomic mass is 10.3. The largest absolute Gasteiger partial charge is 0.278 e. The molecule has 7 heteroatoms. The average Bonchev–Trinajstić information content (AvgIpc) is 2.38. The van der Waals surface area contributed by atoms with Gasteiger partial charge in [-0.15, -0.1) is 0 Å². The van der Waals surface area contributed by atoms with Crippen molar-refractivity contribution in [3.05, 3.63) is 48.0 Å². The van der Waals surface area contributed by atoms with Crippen LogP contribution in [0, 0.1) is 18.3 Å². The Balaban J connectivity index is 2.41. The highest BCUT2D eigenvalue weighted by Gasteiger charge is 2.19. The van der Waals surface area contributed by atoms with Crippen LogP contribution in [0.3, 0.4) is 0 Å². The Morgan fingerprint density at radius 1 is 1.37 bits per heavy atom. The number of nitrogens with one attached hydrogen (secondary N) is 1. The molecule has 0 saturated carbocycles. The molecular weight excluding hydrogens is 264 g/mol. The predicted molar refractivity (Wildman–Crippen MR) is 68.7 cm³/mol. The lowest BCUT2D eigenvalue weighted by Gasteiger charge is -2.08. The van der Waals surface area contributed by atoms with Crippen molar-refractivity contribution in [3.63, 3.8) is 0 Å². The molecule has 0 aromatic carbocycles. The lowest BCUT2D eigenvalue weighted by Crippen LogP contribution is -2.15. The van der Waals surface area contributed by atoms with Crippen LogP contribution in [0.2, 0.25) is 0 Å². The van der Waals surface area contributed by atoms with Crippen LogP contribution in [0.4, 0.5) is 5.69 Å². The second kappa shape index (κ2) is 5.04. The molecule has 0 aliphatic rings. The van der Waals surface area contributed by atoms with E-state index in [1.54, 1.807) is 25.3 Å². The third-order valence-electron chi connectivity index (χ3n) is 2.29. The molecule has 0 bridgehead atoms. The summed E-state index contributed by atoms with van der Waals surface area (Å²) in [4.78, 5) is 7.47. The van der Waals surface area contributed by atoms with Crippen LogP contribution in [0.1, 0.15) is 11.3 Å². The Labute approximate surface area is 110 Å². The molecule has 0 amide bonds. The number of hydrogen-bond donors (Lipinski definition) is 1. The third-order valence-corrected chi connectivity index (χ3v) is 3.71. The second-order valence-electron chi connectivity index (χ2n) is 3.82. The van der Waals surface area contributed by atoms with E-state index in [2.05, 4.69) is 14.7 Å². The molecule has 2 heterocycles. The van der Waals surface area contributed by atoms with Crippen LogP contribution in [-0.2, 0) is 10.0 Å². The summed E-state index contributed by atoms with van der Waals surface area (Å²) >= 11 is 0. The number of aryl methyl sites for hydroxylation is 1. The molecule has 0 aliphatic carbocycles. The van der Waals surface area contributed by atoms with Gasteiger partial charge in [0.25, 0.3) is 10.0 Å². The normalized spacial score (nSPS) is 10.7. The number of rotatable bonds is 3. The molecule has 0 unspecified atom stereocenters. The van der Waals surface area contributed by atoms with Gasteiger partial charge in [0.05, 0.1) is 11.9 Å². The first-order chi connectivity index (χ1) is 9.03. The van der Waals surface area contributed by atoms with Gasteiger partial charge in [0, 0.05) is 12.4 Å². The summed E-state index contributed by atoms with van der Waals surface area (Å²) in [5, 5.41) is 8.87. The van der Waals surface area contributed by atoms with Gasteiger partial charge in [-0.3, -0.25) is 9.71 Å². The quantitative estimate of drug-likeness (QED) is 0.914. The van der Waals surface area contributed by atoms with Crippen LogP contribution in [-0.4, -0.2) is 18.4 Å². The summed E-state index contributed by atoms with van der Waals surface area (Å²) in [7, 11) is -3.85. The molecule has 2 rings (SSSR count). The Bertz CT molecular complexity index is 750. The first-order valence-corrected chi connectivity index (χ1v) is 6.81. The molecule has 1 N–H and O–H groups in total. The first kappa shape index (κ1) is 13.0. The van der Waals surface area contributed by atoms with Crippen LogP contribution in [0.25, 0.3) is 0 Å². The van der Waals surface area contributed by atoms with E-state index in [9.17, 15) is 8.42 Å². The van der Waals surface area contributed by atoms with E-state index in [4.69, 9.17) is 5.26 Å². The van der Waals surface area contributed by atoms with E-state index in [-0.39, 0.29) is 10.6 Å². The minimum absolute atomic E-state index is 0.143. The van der Waals surface area contributed by atoms with Crippen molar-refractivity contribution in [2.24, 2.45) is 0 Å². The van der Waals surface area contributed by atoms with Crippen molar-refractivity contribution in [1.82, 2.24) is 9.97 Å². The Morgan fingerprint density at radius 3 is 2.84 bits per heavy atom. The highest BCUT2D eigenvalue weighted by molar-refractivity contribution is 7.92. The van der Waals surface area contributed by atoms with Crippen molar-refractivity contribution < 1.29 is 8.42 Å². The summed E-state index contributed by atoms with van der Waals surface area (Å²) in [6.07, 6.45) is 4.38. The maximum absolute atomic E-state index is 12.2. The molecule has 0 spiro atoms. The van der Waals surface area contributed by atoms with Crippen molar-refractivity contribution in [2.75, 3.05) is 4.72 Å². The number of anilines is 1. The minimum atomic E-state index is -3.85. The van der Waals surface area contributed by atoms with Gasteiger partial charge in [-0.1, -0.05) is 0 Å². The lowest BCUT2D eigenvalue weighted by molar-refractivity contribution is 0.600. The summed E-state index contributed by atoms with van der Waals surface area (Å²) in [5.41, 5.74) is 1.02. The highest BCUT2D eigenvalue weighted by Crippen LogP contribution is 2.17. The zero-order valence-electron chi connectivity index (χ0n) is 10.0. The zero-order chi connectivity index (χ0) is 13.9. The van der Waals surface area contributed by atoms with E-state index >= 15 is 0 Å². The van der Waals surface area contributed by atoms with E-state index in [0.29, 0.717) is 5.69 Å². The van der Waals surface area contributed by atoms with E-state index in [1.165, 1.54) is 24.5 Å². The standard InChI is InChI=1S/C12H10N4O2S/c1-9-5-10(8-14-7-9)16-19(17,18)12-3-2-4-15-11(12)6-13/h2-5,7-8,16H,1H3. The van der Waals surface area contributed by atoms with Crippen LogP contribution >= 0.6 is 0 Å². The molecule has 2 aromatic heterocycles. The summed E-state index contributed by atoms with van der Waals surface area (Å²) < 4.78 is 26.7. The van der Waals surface area contributed by atoms with Crippen LogP contribution in [0.5, 0.6) is 0 Å². The molecule has 0 fully saturated rings. The molecule has 0 aliphatic heterocycles. The summed E-state index contributed by atoms with van der Waals surface area (Å²) in [6.45, 7) is 1.80. The Morgan fingerprint density at radius 2 is 2.16 bits per heavy atom. The highest BCUT2D eigenvalue weighted by atomic mass is 32.2. The Hall–Kier alpha value is -2.46. The van der Waals surface area contributed by atoms with Gasteiger partial charge in [-0.2, -0.15) is 5.26 Å². The SMILES string of the molecule is Cc1cncc(NS(=O)(=O)c2cccnc2C#N)c1. The number of nitriles is 1. The van der Waals surface area contributed by atoms with E-state index < -0.39 is 10.0 Å². The second-order valence-corrected chi connectivity index (χ2v) is 5.47. The van der Waals surface area contributed by atoms with Crippen LogP contribution in [0.15, 0.2) is 41.7 Å². The Kier molecular flexibility index (Phi) is 3.44. The fourth-order valence-electron chi connectivity index (χ4n) is 1.51. The molecule has 0 atom stereocenters. The monoisotopic (exact) mass is 274 g/mol.